The maximum absolute atomic E-state index is 6.04. The predicted molar refractivity (Wildman–Crippen MR) is 85.2 cm³/mol. The third-order valence-corrected chi connectivity index (χ3v) is 4.10. The van der Waals surface area contributed by atoms with Crippen molar-refractivity contribution in [3.05, 3.63) is 42.5 Å². The molecule has 0 atom stereocenters. The van der Waals surface area contributed by atoms with Crippen LogP contribution in [0.2, 0.25) is 0 Å². The number of fused-ring (bicyclic) bond motifs is 1. The molecule has 2 aliphatic rings. The van der Waals surface area contributed by atoms with Crippen molar-refractivity contribution in [3.63, 3.8) is 0 Å². The van der Waals surface area contributed by atoms with Gasteiger partial charge in [0.15, 0.2) is 11.5 Å². The Balaban J connectivity index is 1.48. The van der Waals surface area contributed by atoms with Gasteiger partial charge in [-0.2, -0.15) is 0 Å². The summed E-state index contributed by atoms with van der Waals surface area (Å²) in [6.07, 6.45) is 5.26. The fourth-order valence-corrected chi connectivity index (χ4v) is 2.99. The second kappa shape index (κ2) is 5.79. The van der Waals surface area contributed by atoms with Gasteiger partial charge in [-0.3, -0.25) is 0 Å². The van der Waals surface area contributed by atoms with E-state index in [1.165, 1.54) is 25.7 Å². The van der Waals surface area contributed by atoms with E-state index in [0.717, 1.165) is 28.6 Å². The van der Waals surface area contributed by atoms with Gasteiger partial charge in [-0.05, 0) is 49.9 Å². The number of benzene rings is 2. The van der Waals surface area contributed by atoms with Crippen LogP contribution in [0.5, 0.6) is 17.2 Å². The molecule has 0 spiro atoms. The van der Waals surface area contributed by atoms with Crippen LogP contribution in [0.1, 0.15) is 25.7 Å². The van der Waals surface area contributed by atoms with E-state index in [9.17, 15) is 0 Å². The topological polar surface area (TPSA) is 39.7 Å². The van der Waals surface area contributed by atoms with Crippen LogP contribution in [-0.4, -0.2) is 12.9 Å². The summed E-state index contributed by atoms with van der Waals surface area (Å²) < 4.78 is 16.8. The van der Waals surface area contributed by atoms with E-state index < -0.39 is 0 Å². The van der Waals surface area contributed by atoms with E-state index in [-0.39, 0.29) is 0 Å². The lowest BCUT2D eigenvalue weighted by Crippen LogP contribution is -2.10. The summed E-state index contributed by atoms with van der Waals surface area (Å²) in [5.41, 5.74) is 1.98. The highest BCUT2D eigenvalue weighted by atomic mass is 16.7. The van der Waals surface area contributed by atoms with Gasteiger partial charge >= 0.3 is 0 Å². The lowest BCUT2D eigenvalue weighted by Gasteiger charge is -2.14. The number of hydrogen-bond donors (Lipinski definition) is 1. The Labute approximate surface area is 130 Å². The molecule has 4 nitrogen and oxygen atoms in total. The monoisotopic (exact) mass is 297 g/mol. The average Bonchev–Trinajstić information content (AvgIpc) is 3.18. The summed E-state index contributed by atoms with van der Waals surface area (Å²) in [4.78, 5) is 0. The fourth-order valence-electron chi connectivity index (χ4n) is 2.99. The SMILES string of the molecule is c1cc(Nc2ccc3c(c2)OCO3)cc(OC2CCCC2)c1. The van der Waals surface area contributed by atoms with Crippen LogP contribution in [0, 0.1) is 0 Å². The Bertz CT molecular complexity index is 665. The predicted octanol–water partition coefficient (Wildman–Crippen LogP) is 4.48. The molecule has 0 amide bonds. The molecule has 0 radical (unpaired) electrons. The number of anilines is 2. The summed E-state index contributed by atoms with van der Waals surface area (Å²) in [5, 5.41) is 3.38. The molecule has 1 aliphatic heterocycles. The van der Waals surface area contributed by atoms with Gasteiger partial charge in [-0.25, -0.2) is 0 Å². The molecule has 22 heavy (non-hydrogen) atoms. The molecule has 4 rings (SSSR count). The van der Waals surface area contributed by atoms with E-state index in [0.29, 0.717) is 12.9 Å². The molecule has 0 aromatic heterocycles. The zero-order chi connectivity index (χ0) is 14.8. The molecule has 2 aromatic carbocycles. The van der Waals surface area contributed by atoms with Gasteiger partial charge in [-0.1, -0.05) is 6.07 Å². The van der Waals surface area contributed by atoms with Gasteiger partial charge < -0.3 is 19.5 Å². The van der Waals surface area contributed by atoms with Gasteiger partial charge in [0, 0.05) is 23.5 Å². The number of ether oxygens (including phenoxy) is 3. The molecule has 0 saturated heterocycles. The first-order valence-electron chi connectivity index (χ1n) is 7.80. The number of nitrogens with one attached hydrogen (secondary N) is 1. The Morgan fingerprint density at radius 2 is 1.73 bits per heavy atom. The summed E-state index contributed by atoms with van der Waals surface area (Å²) in [6.45, 7) is 0.295. The van der Waals surface area contributed by atoms with Crippen molar-refractivity contribution in [2.75, 3.05) is 12.1 Å². The molecule has 2 aromatic rings. The van der Waals surface area contributed by atoms with Crippen molar-refractivity contribution >= 4 is 11.4 Å². The maximum Gasteiger partial charge on any atom is 0.231 e. The second-order valence-corrected chi connectivity index (χ2v) is 5.75. The quantitative estimate of drug-likeness (QED) is 0.903. The summed E-state index contributed by atoms with van der Waals surface area (Å²) in [6, 6.07) is 14.0. The van der Waals surface area contributed by atoms with Crippen molar-refractivity contribution in [3.8, 4) is 17.2 Å². The fraction of sp³-hybridized carbons (Fsp3) is 0.333. The number of hydrogen-bond acceptors (Lipinski definition) is 4. The Kier molecular flexibility index (Phi) is 3.51. The van der Waals surface area contributed by atoms with Crippen LogP contribution in [-0.2, 0) is 0 Å². The molecular formula is C18H19NO3. The lowest BCUT2D eigenvalue weighted by atomic mass is 10.2. The van der Waals surface area contributed by atoms with E-state index in [2.05, 4.69) is 5.32 Å². The summed E-state index contributed by atoms with van der Waals surface area (Å²) in [5.74, 6) is 2.50. The molecular weight excluding hydrogens is 278 g/mol. The summed E-state index contributed by atoms with van der Waals surface area (Å²) >= 11 is 0. The van der Waals surface area contributed by atoms with Crippen molar-refractivity contribution in [2.24, 2.45) is 0 Å². The first-order chi connectivity index (χ1) is 10.9. The van der Waals surface area contributed by atoms with Crippen LogP contribution >= 0.6 is 0 Å². The molecule has 1 N–H and O–H groups in total. The Hall–Kier alpha value is -2.36. The van der Waals surface area contributed by atoms with Crippen molar-refractivity contribution in [1.82, 2.24) is 0 Å². The van der Waals surface area contributed by atoms with Gasteiger partial charge in [0.25, 0.3) is 0 Å². The van der Waals surface area contributed by atoms with Crippen LogP contribution in [0.25, 0.3) is 0 Å². The van der Waals surface area contributed by atoms with E-state index in [1.807, 2.05) is 42.5 Å². The first-order valence-corrected chi connectivity index (χ1v) is 7.80. The molecule has 0 bridgehead atoms. The maximum atomic E-state index is 6.04. The molecule has 1 aliphatic carbocycles. The van der Waals surface area contributed by atoms with Crippen LogP contribution < -0.4 is 19.5 Å². The Morgan fingerprint density at radius 3 is 2.64 bits per heavy atom. The minimum Gasteiger partial charge on any atom is -0.490 e. The molecule has 0 unspecified atom stereocenters. The normalized spacial score (nSPS) is 16.7. The van der Waals surface area contributed by atoms with Crippen LogP contribution in [0.3, 0.4) is 0 Å². The summed E-state index contributed by atoms with van der Waals surface area (Å²) in [7, 11) is 0. The molecule has 1 saturated carbocycles. The van der Waals surface area contributed by atoms with E-state index in [4.69, 9.17) is 14.2 Å². The molecule has 1 fully saturated rings. The molecule has 1 heterocycles. The minimum atomic E-state index is 0.295. The standard InChI is InChI=1S/C18H19NO3/c1-2-6-15(5-1)22-16-7-3-4-13(10-16)19-14-8-9-17-18(11-14)21-12-20-17/h3-4,7-11,15,19H,1-2,5-6,12H2. The Morgan fingerprint density at radius 1 is 0.909 bits per heavy atom. The number of rotatable bonds is 4. The van der Waals surface area contributed by atoms with E-state index in [1.54, 1.807) is 0 Å². The third kappa shape index (κ3) is 2.82. The average molecular weight is 297 g/mol. The molecule has 114 valence electrons. The van der Waals surface area contributed by atoms with Crippen LogP contribution in [0.4, 0.5) is 11.4 Å². The van der Waals surface area contributed by atoms with Gasteiger partial charge in [0.2, 0.25) is 6.79 Å². The highest BCUT2D eigenvalue weighted by Gasteiger charge is 2.16. The minimum absolute atomic E-state index is 0.295. The van der Waals surface area contributed by atoms with Gasteiger partial charge in [0.05, 0.1) is 6.10 Å². The highest BCUT2D eigenvalue weighted by molar-refractivity contribution is 5.64. The van der Waals surface area contributed by atoms with E-state index >= 15 is 0 Å². The lowest BCUT2D eigenvalue weighted by molar-refractivity contribution is 0.174. The van der Waals surface area contributed by atoms with Crippen molar-refractivity contribution < 1.29 is 14.2 Å². The highest BCUT2D eigenvalue weighted by Crippen LogP contribution is 2.35. The van der Waals surface area contributed by atoms with Gasteiger partial charge in [0.1, 0.15) is 5.75 Å². The zero-order valence-corrected chi connectivity index (χ0v) is 12.4. The second-order valence-electron chi connectivity index (χ2n) is 5.75. The largest absolute Gasteiger partial charge is 0.490 e. The van der Waals surface area contributed by atoms with Crippen molar-refractivity contribution in [1.29, 1.82) is 0 Å². The van der Waals surface area contributed by atoms with Gasteiger partial charge in [-0.15, -0.1) is 0 Å². The zero-order valence-electron chi connectivity index (χ0n) is 12.4. The third-order valence-electron chi connectivity index (χ3n) is 4.10. The van der Waals surface area contributed by atoms with Crippen LogP contribution in [0.15, 0.2) is 42.5 Å². The first kappa shape index (κ1) is 13.3. The smallest absolute Gasteiger partial charge is 0.231 e. The van der Waals surface area contributed by atoms with Crippen molar-refractivity contribution in [2.45, 2.75) is 31.8 Å². The molecule has 4 heteroatoms.